The van der Waals surface area contributed by atoms with Crippen molar-refractivity contribution in [3.05, 3.63) is 32.8 Å². The molecule has 1 unspecified atom stereocenters. The van der Waals surface area contributed by atoms with Crippen LogP contribution in [-0.4, -0.2) is 25.4 Å². The van der Waals surface area contributed by atoms with E-state index >= 15 is 0 Å². The van der Waals surface area contributed by atoms with Crippen LogP contribution in [0.4, 0.5) is 5.69 Å². The van der Waals surface area contributed by atoms with Crippen LogP contribution < -0.4 is 10.5 Å². The fraction of sp³-hybridized carbons (Fsp3) is 0.538. The van der Waals surface area contributed by atoms with Gasteiger partial charge in [-0.3, -0.25) is 10.1 Å². The molecule has 0 aromatic heterocycles. The summed E-state index contributed by atoms with van der Waals surface area (Å²) in [5, 5.41) is 11.1. The molecular weight excluding hydrogens is 330 g/mol. The summed E-state index contributed by atoms with van der Waals surface area (Å²) < 4.78 is 27.6. The topological polar surface area (TPSA) is 115 Å². The van der Waals surface area contributed by atoms with Crippen LogP contribution in [0.1, 0.15) is 25.3 Å². The molecule has 1 aliphatic carbocycles. The first-order valence-electron chi connectivity index (χ1n) is 6.79. The van der Waals surface area contributed by atoms with Gasteiger partial charge in [-0.25, -0.2) is 13.1 Å². The van der Waals surface area contributed by atoms with Crippen LogP contribution in [0.2, 0.25) is 5.02 Å². The van der Waals surface area contributed by atoms with Gasteiger partial charge in [-0.1, -0.05) is 11.6 Å². The minimum absolute atomic E-state index is 0.0375. The van der Waals surface area contributed by atoms with E-state index in [1.165, 1.54) is 13.0 Å². The van der Waals surface area contributed by atoms with Gasteiger partial charge < -0.3 is 5.73 Å². The molecule has 22 heavy (non-hydrogen) atoms. The van der Waals surface area contributed by atoms with Gasteiger partial charge in [-0.05, 0) is 38.7 Å². The first-order chi connectivity index (χ1) is 10.1. The van der Waals surface area contributed by atoms with Gasteiger partial charge in [-0.15, -0.1) is 0 Å². The number of nitrogens with one attached hydrogen (secondary N) is 1. The van der Waals surface area contributed by atoms with Crippen LogP contribution >= 0.6 is 11.6 Å². The molecule has 1 aromatic rings. The van der Waals surface area contributed by atoms with E-state index in [-0.39, 0.29) is 33.6 Å². The number of hydrogen-bond acceptors (Lipinski definition) is 5. The molecule has 1 saturated carbocycles. The fourth-order valence-corrected chi connectivity index (χ4v) is 4.16. The van der Waals surface area contributed by atoms with Crippen molar-refractivity contribution in [2.45, 2.75) is 37.1 Å². The Bertz CT molecular complexity index is 718. The summed E-state index contributed by atoms with van der Waals surface area (Å²) >= 11 is 5.93. The molecule has 0 aliphatic heterocycles. The van der Waals surface area contributed by atoms with Crippen molar-refractivity contribution >= 4 is 27.3 Å². The van der Waals surface area contributed by atoms with Crippen molar-refractivity contribution in [2.75, 3.05) is 6.54 Å². The minimum atomic E-state index is -3.95. The Morgan fingerprint density at radius 3 is 2.55 bits per heavy atom. The Morgan fingerprint density at radius 1 is 1.50 bits per heavy atom. The smallest absolute Gasteiger partial charge is 0.275 e. The van der Waals surface area contributed by atoms with E-state index in [0.29, 0.717) is 0 Å². The van der Waals surface area contributed by atoms with Crippen LogP contribution in [0.3, 0.4) is 0 Å². The highest BCUT2D eigenvalue weighted by molar-refractivity contribution is 7.89. The predicted molar refractivity (Wildman–Crippen MR) is 83.3 cm³/mol. The van der Waals surface area contributed by atoms with Gasteiger partial charge in [0, 0.05) is 23.7 Å². The molecule has 1 atom stereocenters. The number of nitro benzene ring substituents is 1. The Hall–Kier alpha value is -1.22. The summed E-state index contributed by atoms with van der Waals surface area (Å²) in [5.41, 5.74) is 4.85. The van der Waals surface area contributed by atoms with Gasteiger partial charge in [0.15, 0.2) is 0 Å². The van der Waals surface area contributed by atoms with Crippen LogP contribution in [0, 0.1) is 23.0 Å². The summed E-state index contributed by atoms with van der Waals surface area (Å²) in [6.45, 7) is 3.36. The fourth-order valence-electron chi connectivity index (χ4n) is 2.36. The molecule has 0 bridgehead atoms. The summed E-state index contributed by atoms with van der Waals surface area (Å²) in [4.78, 5) is 10.1. The van der Waals surface area contributed by atoms with E-state index in [0.717, 1.165) is 18.9 Å². The van der Waals surface area contributed by atoms with Gasteiger partial charge in [0.2, 0.25) is 10.0 Å². The standard InChI is InChI=1S/C13H18ClN3O4S/c1-8-11(14)5-10(6-12(8)17(18)19)22(20,21)16-13(2,7-15)9-3-4-9/h5-6,9,16H,3-4,7,15H2,1-2H3. The number of rotatable bonds is 6. The third-order valence-electron chi connectivity index (χ3n) is 4.07. The summed E-state index contributed by atoms with van der Waals surface area (Å²) in [6.07, 6.45) is 1.82. The summed E-state index contributed by atoms with van der Waals surface area (Å²) in [6, 6.07) is 2.24. The number of nitro groups is 1. The zero-order chi connectivity index (χ0) is 16.7. The van der Waals surface area contributed by atoms with Gasteiger partial charge in [0.05, 0.1) is 14.8 Å². The Balaban J connectivity index is 2.43. The lowest BCUT2D eigenvalue weighted by atomic mass is 9.98. The van der Waals surface area contributed by atoms with Crippen molar-refractivity contribution < 1.29 is 13.3 Å². The third kappa shape index (κ3) is 3.24. The van der Waals surface area contributed by atoms with Crippen molar-refractivity contribution in [3.63, 3.8) is 0 Å². The van der Waals surface area contributed by atoms with Crippen LogP contribution in [-0.2, 0) is 10.0 Å². The highest BCUT2D eigenvalue weighted by Crippen LogP contribution is 2.40. The second kappa shape index (κ2) is 5.77. The van der Waals surface area contributed by atoms with Gasteiger partial charge in [-0.2, -0.15) is 0 Å². The van der Waals surface area contributed by atoms with Crippen molar-refractivity contribution in [3.8, 4) is 0 Å². The lowest BCUT2D eigenvalue weighted by molar-refractivity contribution is -0.385. The molecule has 1 aromatic carbocycles. The summed E-state index contributed by atoms with van der Waals surface area (Å²) in [5.74, 6) is 0.184. The number of halogens is 1. The predicted octanol–water partition coefficient (Wildman–Crippen LogP) is 1.96. The number of benzene rings is 1. The normalized spacial score (nSPS) is 18.0. The number of sulfonamides is 1. The molecule has 3 N–H and O–H groups in total. The largest absolute Gasteiger partial charge is 0.329 e. The van der Waals surface area contributed by atoms with E-state index in [1.54, 1.807) is 6.92 Å². The quantitative estimate of drug-likeness (QED) is 0.602. The average molecular weight is 348 g/mol. The van der Waals surface area contributed by atoms with Crippen LogP contribution in [0.5, 0.6) is 0 Å². The van der Waals surface area contributed by atoms with Crippen LogP contribution in [0.25, 0.3) is 0 Å². The maximum atomic E-state index is 12.5. The molecule has 0 spiro atoms. The lowest BCUT2D eigenvalue weighted by Gasteiger charge is -2.29. The molecule has 0 heterocycles. The highest BCUT2D eigenvalue weighted by atomic mass is 35.5. The Labute approximate surface area is 134 Å². The Kier molecular flexibility index (Phi) is 4.49. The molecule has 0 saturated heterocycles. The molecule has 122 valence electrons. The first kappa shape index (κ1) is 17.1. The molecule has 1 fully saturated rings. The number of nitrogens with two attached hydrogens (primary N) is 1. The van der Waals surface area contributed by atoms with Crippen molar-refractivity contribution in [1.82, 2.24) is 4.72 Å². The highest BCUT2D eigenvalue weighted by Gasteiger charge is 2.43. The second-order valence-corrected chi connectivity index (χ2v) is 7.90. The van der Waals surface area contributed by atoms with Crippen molar-refractivity contribution in [1.29, 1.82) is 0 Å². The van der Waals surface area contributed by atoms with Gasteiger partial charge in [0.1, 0.15) is 0 Å². The van der Waals surface area contributed by atoms with Gasteiger partial charge >= 0.3 is 0 Å². The summed E-state index contributed by atoms with van der Waals surface area (Å²) in [7, 11) is -3.95. The third-order valence-corrected chi connectivity index (χ3v) is 6.05. The maximum absolute atomic E-state index is 12.5. The average Bonchev–Trinajstić information content (AvgIpc) is 3.25. The molecule has 1 aliphatic rings. The number of nitrogens with zero attached hydrogens (tertiary/aromatic N) is 1. The molecule has 7 nitrogen and oxygen atoms in total. The zero-order valence-electron chi connectivity index (χ0n) is 12.3. The second-order valence-electron chi connectivity index (χ2n) is 5.81. The number of hydrogen-bond donors (Lipinski definition) is 2. The Morgan fingerprint density at radius 2 is 2.09 bits per heavy atom. The molecule has 0 radical (unpaired) electrons. The zero-order valence-corrected chi connectivity index (χ0v) is 13.9. The van der Waals surface area contributed by atoms with E-state index in [1.807, 2.05) is 0 Å². The molecule has 2 rings (SSSR count). The monoisotopic (exact) mass is 347 g/mol. The van der Waals surface area contributed by atoms with E-state index in [4.69, 9.17) is 17.3 Å². The van der Waals surface area contributed by atoms with Crippen molar-refractivity contribution in [2.24, 2.45) is 11.7 Å². The van der Waals surface area contributed by atoms with E-state index in [9.17, 15) is 18.5 Å². The molecule has 9 heteroatoms. The molecule has 0 amide bonds. The first-order valence-corrected chi connectivity index (χ1v) is 8.65. The lowest BCUT2D eigenvalue weighted by Crippen LogP contribution is -2.52. The van der Waals surface area contributed by atoms with E-state index < -0.39 is 20.5 Å². The molecular formula is C13H18ClN3O4S. The van der Waals surface area contributed by atoms with Crippen LogP contribution in [0.15, 0.2) is 17.0 Å². The minimum Gasteiger partial charge on any atom is -0.329 e. The SMILES string of the molecule is Cc1c(Cl)cc(S(=O)(=O)NC(C)(CN)C2CC2)cc1[N+](=O)[O-]. The van der Waals surface area contributed by atoms with E-state index in [2.05, 4.69) is 4.72 Å². The van der Waals surface area contributed by atoms with Gasteiger partial charge in [0.25, 0.3) is 5.69 Å². The maximum Gasteiger partial charge on any atom is 0.275 e.